The maximum atomic E-state index is 14.7. The first-order chi connectivity index (χ1) is 16.6. The van der Waals surface area contributed by atoms with Crippen molar-refractivity contribution >= 4 is 27.5 Å². The fraction of sp³-hybridized carbons (Fsp3) is 0.519. The van der Waals surface area contributed by atoms with E-state index in [4.69, 9.17) is 11.6 Å². The largest absolute Gasteiger partial charge is 0.352 e. The third-order valence-corrected chi connectivity index (χ3v) is 10.4. The van der Waals surface area contributed by atoms with Crippen LogP contribution in [0.2, 0.25) is 5.02 Å². The number of hydrogen-bond acceptors (Lipinski definition) is 3. The van der Waals surface area contributed by atoms with Crippen LogP contribution in [-0.2, 0) is 16.6 Å². The van der Waals surface area contributed by atoms with Crippen LogP contribution in [0.15, 0.2) is 47.4 Å². The van der Waals surface area contributed by atoms with Gasteiger partial charge < -0.3 is 5.32 Å². The van der Waals surface area contributed by atoms with E-state index >= 15 is 0 Å². The number of carbonyl (C=O) groups excluding carboxylic acids is 1. The Morgan fingerprint density at radius 1 is 1.09 bits per heavy atom. The van der Waals surface area contributed by atoms with Crippen molar-refractivity contribution in [2.45, 2.75) is 56.4 Å². The minimum atomic E-state index is -4.17. The number of rotatable bonds is 8. The molecular formula is C27H32ClFN2O3S. The Bertz CT molecular complexity index is 1180. The smallest absolute Gasteiger partial charge is 0.252 e. The standard InChI is InChI=1S/C27H32ClFN2O3S/c1-31(17-18-5-3-2-4-6-18)35(33,34)25-12-22(23(28)13-24(25)29)26(32)30-8-7-27-14-19-9-20(15-27)11-21(10-19)16-27/h2-6,12-13,19-21H,7-11,14-17H2,1H3,(H,30,32). The first-order valence-electron chi connectivity index (χ1n) is 12.4. The molecule has 4 aliphatic carbocycles. The molecule has 2 aromatic rings. The van der Waals surface area contributed by atoms with Crippen molar-refractivity contribution in [2.75, 3.05) is 13.6 Å². The summed E-state index contributed by atoms with van der Waals surface area (Å²) >= 11 is 6.18. The summed E-state index contributed by atoms with van der Waals surface area (Å²) in [5.41, 5.74) is 1.07. The number of hydrogen-bond donors (Lipinski definition) is 1. The van der Waals surface area contributed by atoms with E-state index in [1.807, 2.05) is 18.2 Å². The van der Waals surface area contributed by atoms with Gasteiger partial charge in [0.05, 0.1) is 10.6 Å². The molecule has 0 spiro atoms. The highest BCUT2D eigenvalue weighted by atomic mass is 35.5. The van der Waals surface area contributed by atoms with Gasteiger partial charge in [0.1, 0.15) is 10.7 Å². The molecule has 4 fully saturated rings. The Kier molecular flexibility index (Phi) is 6.70. The van der Waals surface area contributed by atoms with Gasteiger partial charge in [-0.15, -0.1) is 0 Å². The lowest BCUT2D eigenvalue weighted by Gasteiger charge is -2.57. The van der Waals surface area contributed by atoms with Crippen LogP contribution in [-0.4, -0.2) is 32.2 Å². The van der Waals surface area contributed by atoms with Gasteiger partial charge in [0.2, 0.25) is 10.0 Å². The molecule has 0 radical (unpaired) electrons. The summed E-state index contributed by atoms with van der Waals surface area (Å²) in [7, 11) is -2.78. The van der Waals surface area contributed by atoms with Crippen LogP contribution in [0.5, 0.6) is 0 Å². The maximum absolute atomic E-state index is 14.7. The molecule has 2 aromatic carbocycles. The normalized spacial score (nSPS) is 27.4. The van der Waals surface area contributed by atoms with Crippen molar-refractivity contribution in [1.82, 2.24) is 9.62 Å². The first-order valence-corrected chi connectivity index (χ1v) is 14.2. The van der Waals surface area contributed by atoms with Crippen molar-refractivity contribution in [1.29, 1.82) is 0 Å². The summed E-state index contributed by atoms with van der Waals surface area (Å²) in [6.07, 6.45) is 8.78. The summed E-state index contributed by atoms with van der Waals surface area (Å²) in [4.78, 5) is 12.4. The molecule has 0 aromatic heterocycles. The Hall–Kier alpha value is -1.96. The lowest BCUT2D eigenvalue weighted by atomic mass is 9.49. The number of benzene rings is 2. The van der Waals surface area contributed by atoms with Crippen molar-refractivity contribution in [3.05, 3.63) is 64.4 Å². The second-order valence-electron chi connectivity index (χ2n) is 10.9. The molecule has 0 unspecified atom stereocenters. The zero-order valence-electron chi connectivity index (χ0n) is 20.0. The zero-order valence-corrected chi connectivity index (χ0v) is 21.5. The summed E-state index contributed by atoms with van der Waals surface area (Å²) in [6.45, 7) is 0.590. The van der Waals surface area contributed by atoms with Crippen LogP contribution in [0, 0.1) is 29.0 Å². The lowest BCUT2D eigenvalue weighted by molar-refractivity contribution is -0.0564. The SMILES string of the molecule is CN(Cc1ccccc1)S(=O)(=O)c1cc(C(=O)NCCC23CC4CC(CC(C4)C2)C3)c(Cl)cc1F. The molecule has 4 bridgehead atoms. The van der Waals surface area contributed by atoms with Gasteiger partial charge in [-0.25, -0.2) is 12.8 Å². The van der Waals surface area contributed by atoms with Crippen LogP contribution >= 0.6 is 11.6 Å². The molecule has 188 valence electrons. The van der Waals surface area contributed by atoms with Crippen molar-refractivity contribution in [2.24, 2.45) is 23.2 Å². The monoisotopic (exact) mass is 518 g/mol. The first kappa shape index (κ1) is 24.7. The molecule has 4 saturated carbocycles. The average Bonchev–Trinajstić information content (AvgIpc) is 2.78. The van der Waals surface area contributed by atoms with E-state index in [9.17, 15) is 17.6 Å². The van der Waals surface area contributed by atoms with Crippen LogP contribution < -0.4 is 5.32 Å². The molecule has 5 nitrogen and oxygen atoms in total. The molecule has 0 aliphatic heterocycles. The summed E-state index contributed by atoms with van der Waals surface area (Å²) in [6, 6.07) is 11.0. The minimum Gasteiger partial charge on any atom is -0.352 e. The lowest BCUT2D eigenvalue weighted by Crippen LogP contribution is -2.47. The van der Waals surface area contributed by atoms with Gasteiger partial charge in [-0.05, 0) is 85.8 Å². The highest BCUT2D eigenvalue weighted by Crippen LogP contribution is 2.61. The van der Waals surface area contributed by atoms with Gasteiger partial charge in [-0.1, -0.05) is 41.9 Å². The van der Waals surface area contributed by atoms with E-state index in [0.717, 1.165) is 46.2 Å². The quantitative estimate of drug-likeness (QED) is 0.492. The van der Waals surface area contributed by atoms with E-state index in [-0.39, 0.29) is 17.1 Å². The number of carbonyl (C=O) groups is 1. The van der Waals surface area contributed by atoms with Crippen molar-refractivity contribution in [3.63, 3.8) is 0 Å². The minimum absolute atomic E-state index is 0.0229. The second kappa shape index (κ2) is 9.49. The van der Waals surface area contributed by atoms with Crippen LogP contribution in [0.4, 0.5) is 4.39 Å². The van der Waals surface area contributed by atoms with E-state index in [1.54, 1.807) is 12.1 Å². The van der Waals surface area contributed by atoms with Crippen molar-refractivity contribution in [3.8, 4) is 0 Å². The molecule has 6 rings (SSSR count). The Balaban J connectivity index is 1.28. The highest BCUT2D eigenvalue weighted by Gasteiger charge is 2.50. The molecule has 8 heteroatoms. The molecule has 0 saturated heterocycles. The third-order valence-electron chi connectivity index (χ3n) is 8.31. The van der Waals surface area contributed by atoms with E-state index in [0.29, 0.717) is 12.0 Å². The molecular weight excluding hydrogens is 487 g/mol. The fourth-order valence-electron chi connectivity index (χ4n) is 7.13. The molecule has 0 heterocycles. The molecule has 1 N–H and O–H groups in total. The third kappa shape index (κ3) is 5.00. The number of halogens is 2. The van der Waals surface area contributed by atoms with Crippen molar-refractivity contribution < 1.29 is 17.6 Å². The van der Waals surface area contributed by atoms with Gasteiger partial charge in [0, 0.05) is 20.1 Å². The summed E-state index contributed by atoms with van der Waals surface area (Å²) in [5.74, 6) is 1.07. The second-order valence-corrected chi connectivity index (χ2v) is 13.4. The van der Waals surface area contributed by atoms with Gasteiger partial charge in [-0.3, -0.25) is 4.79 Å². The predicted octanol–water partition coefficient (Wildman–Crippen LogP) is 5.64. The predicted molar refractivity (Wildman–Crippen MR) is 134 cm³/mol. The number of sulfonamides is 1. The molecule has 35 heavy (non-hydrogen) atoms. The Morgan fingerprint density at radius 3 is 2.29 bits per heavy atom. The maximum Gasteiger partial charge on any atom is 0.252 e. The van der Waals surface area contributed by atoms with Crippen LogP contribution in [0.25, 0.3) is 0 Å². The average molecular weight is 519 g/mol. The Morgan fingerprint density at radius 2 is 1.69 bits per heavy atom. The zero-order chi connectivity index (χ0) is 24.8. The van der Waals surface area contributed by atoms with Crippen LogP contribution in [0.3, 0.4) is 0 Å². The van der Waals surface area contributed by atoms with Gasteiger partial charge in [-0.2, -0.15) is 4.31 Å². The van der Waals surface area contributed by atoms with Gasteiger partial charge in [0.15, 0.2) is 0 Å². The number of nitrogens with zero attached hydrogens (tertiary/aromatic N) is 1. The molecule has 1 amide bonds. The summed E-state index contributed by atoms with van der Waals surface area (Å²) in [5, 5.41) is 2.83. The molecule has 0 atom stereocenters. The number of amides is 1. The highest BCUT2D eigenvalue weighted by molar-refractivity contribution is 7.89. The fourth-order valence-corrected chi connectivity index (χ4v) is 8.59. The van der Waals surface area contributed by atoms with E-state index in [1.165, 1.54) is 45.6 Å². The Labute approximate surface area is 212 Å². The van der Waals surface area contributed by atoms with Gasteiger partial charge in [0.25, 0.3) is 5.91 Å². The van der Waals surface area contributed by atoms with E-state index in [2.05, 4.69) is 5.32 Å². The molecule has 4 aliphatic rings. The van der Waals surface area contributed by atoms with E-state index < -0.39 is 26.6 Å². The number of nitrogens with one attached hydrogen (secondary N) is 1. The topological polar surface area (TPSA) is 66.5 Å². The van der Waals surface area contributed by atoms with Gasteiger partial charge >= 0.3 is 0 Å². The van der Waals surface area contributed by atoms with Crippen LogP contribution in [0.1, 0.15) is 60.9 Å². The summed E-state index contributed by atoms with van der Waals surface area (Å²) < 4.78 is 42.1.